The van der Waals surface area contributed by atoms with E-state index in [1.807, 2.05) is 0 Å². The second kappa shape index (κ2) is 4.89. The van der Waals surface area contributed by atoms with Crippen LogP contribution in [0.15, 0.2) is 36.5 Å². The van der Waals surface area contributed by atoms with E-state index < -0.39 is 18.3 Å². The summed E-state index contributed by atoms with van der Waals surface area (Å²) in [6, 6.07) is 6.52. The minimum absolute atomic E-state index is 0.0387. The molecular weight excluding hydrogens is 257 g/mol. The molecule has 0 atom stereocenters. The molecule has 100 valence electrons. The van der Waals surface area contributed by atoms with Crippen molar-refractivity contribution in [2.45, 2.75) is 12.8 Å². The van der Waals surface area contributed by atoms with Gasteiger partial charge >= 0.3 is 6.18 Å². The van der Waals surface area contributed by atoms with Crippen LogP contribution in [0.25, 0.3) is 11.1 Å². The van der Waals surface area contributed by atoms with Crippen LogP contribution in [0.4, 0.5) is 19.0 Å². The highest BCUT2D eigenvalue weighted by atomic mass is 19.4. The maximum atomic E-state index is 13.0. The largest absolute Gasteiger partial charge is 0.417 e. The van der Waals surface area contributed by atoms with Crippen LogP contribution < -0.4 is 5.73 Å². The average molecular weight is 268 g/mol. The van der Waals surface area contributed by atoms with Crippen molar-refractivity contribution in [2.24, 2.45) is 0 Å². The number of pyridine rings is 1. The van der Waals surface area contributed by atoms with Crippen LogP contribution in [-0.4, -0.2) is 10.1 Å². The summed E-state index contributed by atoms with van der Waals surface area (Å²) in [5, 5.41) is 9.23. The fourth-order valence-electron chi connectivity index (χ4n) is 1.91. The van der Waals surface area contributed by atoms with Crippen LogP contribution >= 0.6 is 0 Å². The van der Waals surface area contributed by atoms with Gasteiger partial charge in [0.2, 0.25) is 0 Å². The number of nitrogens with zero attached hydrogens (tertiary/aromatic N) is 1. The van der Waals surface area contributed by atoms with Crippen molar-refractivity contribution in [3.63, 3.8) is 0 Å². The van der Waals surface area contributed by atoms with Gasteiger partial charge in [0.25, 0.3) is 0 Å². The molecule has 0 aliphatic carbocycles. The highest BCUT2D eigenvalue weighted by molar-refractivity contribution is 5.79. The van der Waals surface area contributed by atoms with Gasteiger partial charge in [-0.3, -0.25) is 0 Å². The van der Waals surface area contributed by atoms with E-state index in [1.165, 1.54) is 30.5 Å². The topological polar surface area (TPSA) is 59.1 Å². The molecule has 1 aromatic carbocycles. The van der Waals surface area contributed by atoms with Gasteiger partial charge in [-0.25, -0.2) is 4.98 Å². The molecule has 2 rings (SSSR count). The van der Waals surface area contributed by atoms with E-state index in [-0.39, 0.29) is 16.9 Å². The van der Waals surface area contributed by atoms with Crippen LogP contribution in [0.3, 0.4) is 0 Å². The maximum absolute atomic E-state index is 13.0. The van der Waals surface area contributed by atoms with Gasteiger partial charge in [-0.15, -0.1) is 0 Å². The molecule has 0 amide bonds. The average Bonchev–Trinajstić information content (AvgIpc) is 2.37. The molecule has 0 spiro atoms. The number of benzene rings is 1. The Morgan fingerprint density at radius 2 is 1.84 bits per heavy atom. The lowest BCUT2D eigenvalue weighted by Crippen LogP contribution is -2.09. The van der Waals surface area contributed by atoms with Crippen molar-refractivity contribution in [2.75, 3.05) is 5.73 Å². The molecule has 3 N–H and O–H groups in total. The maximum Gasteiger partial charge on any atom is 0.417 e. The Kier molecular flexibility index (Phi) is 3.44. The van der Waals surface area contributed by atoms with Crippen molar-refractivity contribution in [1.82, 2.24) is 4.98 Å². The smallest absolute Gasteiger partial charge is 0.392 e. The Morgan fingerprint density at radius 1 is 1.16 bits per heavy atom. The first-order valence-corrected chi connectivity index (χ1v) is 5.46. The van der Waals surface area contributed by atoms with E-state index in [9.17, 15) is 18.3 Å². The first-order valence-electron chi connectivity index (χ1n) is 5.46. The molecule has 3 nitrogen and oxygen atoms in total. The summed E-state index contributed by atoms with van der Waals surface area (Å²) in [5.41, 5.74) is 5.20. The van der Waals surface area contributed by atoms with Crippen LogP contribution in [0.2, 0.25) is 0 Å². The number of rotatable bonds is 2. The Bertz CT molecular complexity index is 597. The van der Waals surface area contributed by atoms with Crippen LogP contribution in [0.1, 0.15) is 11.1 Å². The number of aliphatic hydroxyl groups excluding tert-OH is 1. The summed E-state index contributed by atoms with van der Waals surface area (Å²) in [4.78, 5) is 3.79. The van der Waals surface area contributed by atoms with Crippen LogP contribution in [-0.2, 0) is 12.8 Å². The highest BCUT2D eigenvalue weighted by Crippen LogP contribution is 2.39. The number of alkyl halides is 3. The number of aliphatic hydroxyl groups is 1. The molecule has 2 aromatic rings. The molecule has 0 unspecified atom stereocenters. The molecule has 1 aromatic heterocycles. The number of nitrogens with two attached hydrogens (primary N) is 1. The number of hydrogen-bond acceptors (Lipinski definition) is 3. The zero-order chi connectivity index (χ0) is 14.0. The number of anilines is 1. The van der Waals surface area contributed by atoms with Crippen molar-refractivity contribution in [1.29, 1.82) is 0 Å². The van der Waals surface area contributed by atoms with Gasteiger partial charge in [0, 0.05) is 11.8 Å². The zero-order valence-corrected chi connectivity index (χ0v) is 9.78. The first kappa shape index (κ1) is 13.4. The second-order valence-electron chi connectivity index (χ2n) is 3.93. The van der Waals surface area contributed by atoms with Gasteiger partial charge < -0.3 is 10.8 Å². The molecule has 19 heavy (non-hydrogen) atoms. The minimum Gasteiger partial charge on any atom is -0.392 e. The van der Waals surface area contributed by atoms with E-state index in [0.29, 0.717) is 5.56 Å². The first-order chi connectivity index (χ1) is 8.95. The van der Waals surface area contributed by atoms with Gasteiger partial charge in [0.05, 0.1) is 12.2 Å². The standard InChI is InChI=1S/C13H11F3N2O/c14-13(15,16)10-4-2-1-3-9(10)11-8(7-19)5-6-18-12(11)17/h1-6,19H,7H2,(H2,17,18). The molecule has 0 saturated heterocycles. The summed E-state index contributed by atoms with van der Waals surface area (Å²) in [5.74, 6) is -0.0387. The number of halogens is 3. The molecule has 0 radical (unpaired) electrons. The Labute approximate surface area is 107 Å². The Morgan fingerprint density at radius 3 is 2.47 bits per heavy atom. The molecule has 0 saturated carbocycles. The molecule has 0 fully saturated rings. The Hall–Kier alpha value is -2.08. The third-order valence-electron chi connectivity index (χ3n) is 2.74. The summed E-state index contributed by atoms with van der Waals surface area (Å²) in [6.45, 7) is -0.408. The third-order valence-corrected chi connectivity index (χ3v) is 2.74. The van der Waals surface area contributed by atoms with E-state index >= 15 is 0 Å². The quantitative estimate of drug-likeness (QED) is 0.880. The van der Waals surface area contributed by atoms with Gasteiger partial charge in [-0.2, -0.15) is 13.2 Å². The van der Waals surface area contributed by atoms with E-state index in [2.05, 4.69) is 4.98 Å². The van der Waals surface area contributed by atoms with Crippen molar-refractivity contribution in [3.8, 4) is 11.1 Å². The number of aromatic nitrogens is 1. The monoisotopic (exact) mass is 268 g/mol. The summed E-state index contributed by atoms with van der Waals surface area (Å²) in [7, 11) is 0. The van der Waals surface area contributed by atoms with Crippen LogP contribution in [0.5, 0.6) is 0 Å². The molecule has 0 aliphatic rings. The second-order valence-corrected chi connectivity index (χ2v) is 3.93. The normalized spacial score (nSPS) is 11.6. The molecule has 1 heterocycles. The predicted molar refractivity (Wildman–Crippen MR) is 65.0 cm³/mol. The minimum atomic E-state index is -4.49. The zero-order valence-electron chi connectivity index (χ0n) is 9.78. The molecule has 6 heteroatoms. The van der Waals surface area contributed by atoms with E-state index in [1.54, 1.807) is 0 Å². The molecule has 0 bridgehead atoms. The number of hydrogen-bond donors (Lipinski definition) is 2. The lowest BCUT2D eigenvalue weighted by Gasteiger charge is -2.16. The van der Waals surface area contributed by atoms with Gasteiger partial charge in [0.15, 0.2) is 0 Å². The van der Waals surface area contributed by atoms with Gasteiger partial charge in [-0.1, -0.05) is 18.2 Å². The molecule has 0 aliphatic heterocycles. The van der Waals surface area contributed by atoms with E-state index in [4.69, 9.17) is 5.73 Å². The third kappa shape index (κ3) is 2.53. The molecular formula is C13H11F3N2O. The fraction of sp³-hybridized carbons (Fsp3) is 0.154. The lowest BCUT2D eigenvalue weighted by molar-refractivity contribution is -0.137. The Balaban J connectivity index is 2.73. The number of nitrogen functional groups attached to an aromatic ring is 1. The highest BCUT2D eigenvalue weighted by Gasteiger charge is 2.34. The van der Waals surface area contributed by atoms with Crippen molar-refractivity contribution < 1.29 is 18.3 Å². The summed E-state index contributed by atoms with van der Waals surface area (Å²) in [6.07, 6.45) is -3.15. The van der Waals surface area contributed by atoms with Gasteiger partial charge in [0.1, 0.15) is 5.82 Å². The van der Waals surface area contributed by atoms with Crippen molar-refractivity contribution in [3.05, 3.63) is 47.7 Å². The SMILES string of the molecule is Nc1nccc(CO)c1-c1ccccc1C(F)(F)F. The fourth-order valence-corrected chi connectivity index (χ4v) is 1.91. The summed E-state index contributed by atoms with van der Waals surface area (Å²) >= 11 is 0. The van der Waals surface area contributed by atoms with E-state index in [0.717, 1.165) is 6.07 Å². The van der Waals surface area contributed by atoms with Crippen molar-refractivity contribution >= 4 is 5.82 Å². The summed E-state index contributed by atoms with van der Waals surface area (Å²) < 4.78 is 38.9. The van der Waals surface area contributed by atoms with Crippen LogP contribution in [0, 0.1) is 0 Å². The predicted octanol–water partition coefficient (Wildman–Crippen LogP) is 2.84. The lowest BCUT2D eigenvalue weighted by atomic mass is 9.96. The van der Waals surface area contributed by atoms with Gasteiger partial charge in [-0.05, 0) is 23.3 Å².